The van der Waals surface area contributed by atoms with Crippen LogP contribution >= 0.6 is 0 Å². The molecule has 0 heterocycles. The van der Waals surface area contributed by atoms with Gasteiger partial charge in [0.25, 0.3) is 0 Å². The van der Waals surface area contributed by atoms with Crippen LogP contribution in [0.5, 0.6) is 0 Å². The minimum absolute atomic E-state index is 0.725. The maximum absolute atomic E-state index is 5.46. The summed E-state index contributed by atoms with van der Waals surface area (Å²) in [6.07, 6.45) is 1.57. The molecule has 0 aliphatic heterocycles. The lowest BCUT2D eigenvalue weighted by atomic mass is 10.4. The highest BCUT2D eigenvalue weighted by atomic mass is 15.2. The minimum atomic E-state index is 0.725. The van der Waals surface area contributed by atoms with Crippen LogP contribution in [0, 0.1) is 0 Å². The molecule has 4 nitrogen and oxygen atoms in total. The van der Waals surface area contributed by atoms with Crippen LogP contribution in [0.15, 0.2) is 11.9 Å². The van der Waals surface area contributed by atoms with Gasteiger partial charge in [0, 0.05) is 18.4 Å². The van der Waals surface area contributed by atoms with Gasteiger partial charge in [0.1, 0.15) is 0 Å². The van der Waals surface area contributed by atoms with Crippen molar-refractivity contribution in [2.45, 2.75) is 0 Å². The molecule has 0 spiro atoms. The number of hydrazine groups is 1. The molecule has 0 aromatic carbocycles. The summed E-state index contributed by atoms with van der Waals surface area (Å²) in [6.45, 7) is 0.726. The van der Waals surface area contributed by atoms with E-state index in [1.54, 1.807) is 6.20 Å². The molecule has 0 rings (SSSR count). The van der Waals surface area contributed by atoms with Crippen LogP contribution in [0.25, 0.3) is 0 Å². The van der Waals surface area contributed by atoms with E-state index in [0.717, 1.165) is 12.2 Å². The third-order valence-corrected chi connectivity index (χ3v) is 0.768. The van der Waals surface area contributed by atoms with Crippen molar-refractivity contribution >= 4 is 0 Å². The van der Waals surface area contributed by atoms with Crippen LogP contribution in [0.3, 0.4) is 0 Å². The molecule has 0 fully saturated rings. The molecule has 4 heteroatoms. The zero-order chi connectivity index (χ0) is 7.28. The molecule has 0 atom stereocenters. The van der Waals surface area contributed by atoms with Crippen LogP contribution < -0.4 is 17.0 Å². The Morgan fingerprint density at radius 2 is 2.22 bits per heavy atom. The van der Waals surface area contributed by atoms with E-state index in [2.05, 4.69) is 5.43 Å². The van der Waals surface area contributed by atoms with Crippen LogP contribution in [0.1, 0.15) is 0 Å². The van der Waals surface area contributed by atoms with Crippen molar-refractivity contribution < 1.29 is 0 Å². The second-order valence-electron chi connectivity index (χ2n) is 2.12. The lowest BCUT2D eigenvalue weighted by Gasteiger charge is -2.08. The first-order valence-corrected chi connectivity index (χ1v) is 2.72. The fourth-order valence-corrected chi connectivity index (χ4v) is 0.518. The lowest BCUT2D eigenvalue weighted by molar-refractivity contribution is 0.442. The van der Waals surface area contributed by atoms with E-state index < -0.39 is 0 Å². The zero-order valence-electron chi connectivity index (χ0n) is 5.89. The molecule has 0 aliphatic carbocycles. The summed E-state index contributed by atoms with van der Waals surface area (Å²) in [5.74, 6) is 4.98. The second kappa shape index (κ2) is 4.17. The van der Waals surface area contributed by atoms with Crippen molar-refractivity contribution in [2.24, 2.45) is 11.6 Å². The number of nitrogens with two attached hydrogens (primary N) is 2. The van der Waals surface area contributed by atoms with Gasteiger partial charge in [-0.2, -0.15) is 0 Å². The number of nitrogens with zero attached hydrogens (tertiary/aromatic N) is 1. The molecule has 54 valence electrons. The van der Waals surface area contributed by atoms with Crippen molar-refractivity contribution in [2.75, 3.05) is 20.6 Å². The van der Waals surface area contributed by atoms with Gasteiger partial charge >= 0.3 is 0 Å². The third-order valence-electron chi connectivity index (χ3n) is 0.768. The van der Waals surface area contributed by atoms with Gasteiger partial charge in [-0.15, -0.1) is 0 Å². The Balaban J connectivity index is 3.49. The molecule has 0 radical (unpaired) electrons. The minimum Gasteiger partial charge on any atom is -0.400 e. The summed E-state index contributed by atoms with van der Waals surface area (Å²) in [5, 5.41) is 0. The second-order valence-corrected chi connectivity index (χ2v) is 2.12. The standard InChI is InChI=1S/C5H14N4/c1-9(2)4-5(6)3-8-7/h3,8H,4,6-7H2,1-2H3/b5-3-. The van der Waals surface area contributed by atoms with Gasteiger partial charge in [-0.3, -0.25) is 5.84 Å². The molecule has 5 N–H and O–H groups in total. The van der Waals surface area contributed by atoms with Crippen LogP contribution in [-0.2, 0) is 0 Å². The maximum atomic E-state index is 5.46. The van der Waals surface area contributed by atoms with E-state index in [9.17, 15) is 0 Å². The van der Waals surface area contributed by atoms with E-state index in [1.165, 1.54) is 0 Å². The Morgan fingerprint density at radius 3 is 2.56 bits per heavy atom. The molecule has 0 aromatic rings. The molecular weight excluding hydrogens is 116 g/mol. The van der Waals surface area contributed by atoms with Crippen molar-refractivity contribution in [3.05, 3.63) is 11.9 Å². The maximum Gasteiger partial charge on any atom is 0.0397 e. The monoisotopic (exact) mass is 130 g/mol. The molecule has 0 amide bonds. The van der Waals surface area contributed by atoms with Gasteiger partial charge in [-0.1, -0.05) is 0 Å². The Labute approximate surface area is 55.5 Å². The Morgan fingerprint density at radius 1 is 1.67 bits per heavy atom. The lowest BCUT2D eigenvalue weighted by Crippen LogP contribution is -2.23. The molecule has 0 saturated carbocycles. The summed E-state index contributed by atoms with van der Waals surface area (Å²) in [4.78, 5) is 1.96. The van der Waals surface area contributed by atoms with Gasteiger partial charge in [-0.05, 0) is 14.1 Å². The van der Waals surface area contributed by atoms with Crippen LogP contribution in [-0.4, -0.2) is 25.5 Å². The predicted molar refractivity (Wildman–Crippen MR) is 38.1 cm³/mol. The highest BCUT2D eigenvalue weighted by molar-refractivity contribution is 4.95. The summed E-state index contributed by atoms with van der Waals surface area (Å²) in [5.41, 5.74) is 8.55. The quantitative estimate of drug-likeness (QED) is 0.332. The highest BCUT2D eigenvalue weighted by Gasteiger charge is 1.89. The molecule has 0 aromatic heterocycles. The van der Waals surface area contributed by atoms with E-state index >= 15 is 0 Å². The summed E-state index contributed by atoms with van der Waals surface area (Å²) in [6, 6.07) is 0. The zero-order valence-corrected chi connectivity index (χ0v) is 5.89. The smallest absolute Gasteiger partial charge is 0.0397 e. The number of hydrogen-bond acceptors (Lipinski definition) is 4. The molecule has 0 aliphatic rings. The summed E-state index contributed by atoms with van der Waals surface area (Å²) >= 11 is 0. The van der Waals surface area contributed by atoms with Gasteiger partial charge in [0.2, 0.25) is 0 Å². The van der Waals surface area contributed by atoms with Gasteiger partial charge < -0.3 is 16.1 Å². The largest absolute Gasteiger partial charge is 0.400 e. The normalized spacial score (nSPS) is 12.2. The highest BCUT2D eigenvalue weighted by Crippen LogP contribution is 1.81. The van der Waals surface area contributed by atoms with Crippen molar-refractivity contribution in [3.63, 3.8) is 0 Å². The molecule has 0 saturated heterocycles. The first kappa shape index (κ1) is 8.26. The first-order chi connectivity index (χ1) is 4.16. The number of rotatable bonds is 3. The fourth-order valence-electron chi connectivity index (χ4n) is 0.518. The van der Waals surface area contributed by atoms with Crippen LogP contribution in [0.2, 0.25) is 0 Å². The SMILES string of the molecule is CN(C)C/C(N)=C/NN. The van der Waals surface area contributed by atoms with E-state index in [4.69, 9.17) is 11.6 Å². The number of nitrogens with one attached hydrogen (secondary N) is 1. The van der Waals surface area contributed by atoms with Crippen molar-refractivity contribution in [3.8, 4) is 0 Å². The topological polar surface area (TPSA) is 67.3 Å². The van der Waals surface area contributed by atoms with Crippen molar-refractivity contribution in [1.29, 1.82) is 0 Å². The molecule has 0 unspecified atom stereocenters. The summed E-state index contributed by atoms with van der Waals surface area (Å²) in [7, 11) is 3.88. The number of likely N-dealkylation sites (N-methyl/N-ethyl adjacent to an activating group) is 1. The number of hydrogen-bond donors (Lipinski definition) is 3. The van der Waals surface area contributed by atoms with E-state index in [1.807, 2.05) is 19.0 Å². The van der Waals surface area contributed by atoms with Gasteiger partial charge in [0.15, 0.2) is 0 Å². The molecule has 9 heavy (non-hydrogen) atoms. The van der Waals surface area contributed by atoms with Gasteiger partial charge in [0.05, 0.1) is 0 Å². The Hall–Kier alpha value is -0.740. The molecular formula is C5H14N4. The predicted octanol–water partition coefficient (Wildman–Crippen LogP) is -1.19. The van der Waals surface area contributed by atoms with E-state index in [0.29, 0.717) is 0 Å². The first-order valence-electron chi connectivity index (χ1n) is 2.72. The third kappa shape index (κ3) is 5.13. The molecule has 0 bridgehead atoms. The summed E-state index contributed by atoms with van der Waals surface area (Å²) < 4.78 is 0. The Bertz CT molecular complexity index is 97.1. The van der Waals surface area contributed by atoms with Crippen LogP contribution in [0.4, 0.5) is 0 Å². The average molecular weight is 130 g/mol. The Kier molecular flexibility index (Phi) is 3.83. The fraction of sp³-hybridized carbons (Fsp3) is 0.600. The van der Waals surface area contributed by atoms with Crippen molar-refractivity contribution in [1.82, 2.24) is 10.3 Å². The van der Waals surface area contributed by atoms with E-state index in [-0.39, 0.29) is 0 Å². The average Bonchev–Trinajstić information content (AvgIpc) is 1.63. The van der Waals surface area contributed by atoms with Gasteiger partial charge in [-0.25, -0.2) is 0 Å².